The Labute approximate surface area is 183 Å². The van der Waals surface area contributed by atoms with Crippen LogP contribution in [0.1, 0.15) is 26.5 Å². The summed E-state index contributed by atoms with van der Waals surface area (Å²) >= 11 is 12.2. The second-order valence-corrected chi connectivity index (χ2v) is 8.68. The Hall–Kier alpha value is -3.03. The van der Waals surface area contributed by atoms with Crippen molar-refractivity contribution in [2.75, 3.05) is 10.6 Å². The normalized spacial score (nSPS) is 11.6. The Morgan fingerprint density at radius 2 is 1.90 bits per heavy atom. The molecule has 0 saturated carbocycles. The standard InChI is InChI=1S/C21H20Cl2N6O/c1-21(2,3)17-10-18(26-20(30)25-16-6-4-5-14(22)19(16)23)29(28-17)13-7-8-15-12(9-13)11-24-27-15/h4-11H,1-3H3,(H,24,27)(H2,25,26,30). The Morgan fingerprint density at radius 3 is 2.67 bits per heavy atom. The first-order valence-corrected chi connectivity index (χ1v) is 10.0. The van der Waals surface area contributed by atoms with E-state index in [2.05, 4.69) is 41.6 Å². The van der Waals surface area contributed by atoms with Crippen LogP contribution in [0.5, 0.6) is 0 Å². The maximum Gasteiger partial charge on any atom is 0.324 e. The lowest BCUT2D eigenvalue weighted by Gasteiger charge is -2.14. The molecule has 0 fully saturated rings. The Balaban J connectivity index is 1.68. The van der Waals surface area contributed by atoms with E-state index in [0.29, 0.717) is 16.5 Å². The van der Waals surface area contributed by atoms with Crippen molar-refractivity contribution in [1.29, 1.82) is 0 Å². The van der Waals surface area contributed by atoms with E-state index in [-0.39, 0.29) is 10.4 Å². The van der Waals surface area contributed by atoms with Crippen LogP contribution in [0.4, 0.5) is 16.3 Å². The monoisotopic (exact) mass is 442 g/mol. The molecule has 0 aliphatic rings. The molecule has 0 radical (unpaired) electrons. The van der Waals surface area contributed by atoms with Crippen molar-refractivity contribution in [3.05, 3.63) is 64.4 Å². The summed E-state index contributed by atoms with van der Waals surface area (Å²) in [4.78, 5) is 12.7. The van der Waals surface area contributed by atoms with Gasteiger partial charge in [0.15, 0.2) is 0 Å². The fourth-order valence-electron chi connectivity index (χ4n) is 2.97. The van der Waals surface area contributed by atoms with Gasteiger partial charge in [0.2, 0.25) is 0 Å². The molecule has 4 rings (SSSR count). The average Bonchev–Trinajstić information content (AvgIpc) is 3.31. The minimum atomic E-state index is -0.454. The molecule has 2 aromatic carbocycles. The molecule has 3 N–H and O–H groups in total. The number of aromatic amines is 1. The largest absolute Gasteiger partial charge is 0.324 e. The maximum atomic E-state index is 12.7. The number of carbonyl (C=O) groups excluding carboxylic acids is 1. The van der Waals surface area contributed by atoms with Crippen molar-refractivity contribution in [2.24, 2.45) is 0 Å². The number of nitrogens with zero attached hydrogens (tertiary/aromatic N) is 3. The van der Waals surface area contributed by atoms with Crippen LogP contribution in [0, 0.1) is 0 Å². The molecule has 0 bridgehead atoms. The van der Waals surface area contributed by atoms with Gasteiger partial charge < -0.3 is 5.32 Å². The highest BCUT2D eigenvalue weighted by Crippen LogP contribution is 2.30. The molecule has 0 spiro atoms. The number of hydrogen-bond acceptors (Lipinski definition) is 3. The van der Waals surface area contributed by atoms with Gasteiger partial charge in [-0.1, -0.05) is 50.0 Å². The third kappa shape index (κ3) is 3.99. The molecular formula is C21H20Cl2N6O. The third-order valence-corrected chi connectivity index (χ3v) is 5.41. The molecule has 0 saturated heterocycles. The smallest absolute Gasteiger partial charge is 0.306 e. The van der Waals surface area contributed by atoms with E-state index in [0.717, 1.165) is 22.3 Å². The van der Waals surface area contributed by atoms with Crippen molar-refractivity contribution < 1.29 is 4.79 Å². The van der Waals surface area contributed by atoms with E-state index in [9.17, 15) is 4.79 Å². The van der Waals surface area contributed by atoms with Crippen LogP contribution in [-0.4, -0.2) is 26.0 Å². The van der Waals surface area contributed by atoms with Gasteiger partial charge in [0.05, 0.1) is 38.8 Å². The fourth-order valence-corrected chi connectivity index (χ4v) is 3.31. The van der Waals surface area contributed by atoms with E-state index < -0.39 is 6.03 Å². The number of rotatable bonds is 3. The topological polar surface area (TPSA) is 87.6 Å². The summed E-state index contributed by atoms with van der Waals surface area (Å²) in [7, 11) is 0. The summed E-state index contributed by atoms with van der Waals surface area (Å²) < 4.78 is 1.70. The van der Waals surface area contributed by atoms with Crippen LogP contribution < -0.4 is 10.6 Å². The number of anilines is 2. The van der Waals surface area contributed by atoms with Crippen LogP contribution in [0.3, 0.4) is 0 Å². The summed E-state index contributed by atoms with van der Waals surface area (Å²) in [6, 6.07) is 12.2. The summed E-state index contributed by atoms with van der Waals surface area (Å²) in [5, 5.41) is 18.9. The predicted molar refractivity (Wildman–Crippen MR) is 121 cm³/mol. The number of H-pyrrole nitrogens is 1. The van der Waals surface area contributed by atoms with Gasteiger partial charge in [0.1, 0.15) is 5.82 Å². The molecule has 30 heavy (non-hydrogen) atoms. The van der Waals surface area contributed by atoms with Crippen LogP contribution in [-0.2, 0) is 5.41 Å². The maximum absolute atomic E-state index is 12.7. The first kappa shape index (κ1) is 20.3. The number of urea groups is 1. The SMILES string of the molecule is CC(C)(C)c1cc(NC(=O)Nc2cccc(Cl)c2Cl)n(-c2ccc3[nH]ncc3c2)n1. The molecule has 0 unspecified atom stereocenters. The van der Waals surface area contributed by atoms with Crippen molar-refractivity contribution in [2.45, 2.75) is 26.2 Å². The zero-order valence-electron chi connectivity index (χ0n) is 16.6. The number of fused-ring (bicyclic) bond motifs is 1. The first-order chi connectivity index (χ1) is 14.2. The number of nitrogens with one attached hydrogen (secondary N) is 3. The summed E-state index contributed by atoms with van der Waals surface area (Å²) in [5.41, 5.74) is 2.78. The molecular weight excluding hydrogens is 423 g/mol. The molecule has 7 nitrogen and oxygen atoms in total. The van der Waals surface area contributed by atoms with Gasteiger partial charge in [0, 0.05) is 16.9 Å². The van der Waals surface area contributed by atoms with E-state index in [1.54, 1.807) is 29.1 Å². The lowest BCUT2D eigenvalue weighted by Crippen LogP contribution is -2.21. The number of aromatic nitrogens is 4. The Morgan fingerprint density at radius 1 is 1.10 bits per heavy atom. The summed E-state index contributed by atoms with van der Waals surface area (Å²) in [6.07, 6.45) is 1.74. The molecule has 0 aliphatic carbocycles. The summed E-state index contributed by atoms with van der Waals surface area (Å²) in [5.74, 6) is 0.526. The number of hydrogen-bond donors (Lipinski definition) is 3. The van der Waals surface area contributed by atoms with Crippen molar-refractivity contribution in [3.63, 3.8) is 0 Å². The molecule has 0 atom stereocenters. The van der Waals surface area contributed by atoms with Gasteiger partial charge in [0.25, 0.3) is 0 Å². The fraction of sp³-hybridized carbons (Fsp3) is 0.190. The first-order valence-electron chi connectivity index (χ1n) is 9.28. The molecule has 9 heteroatoms. The minimum Gasteiger partial charge on any atom is -0.306 e. The summed E-state index contributed by atoms with van der Waals surface area (Å²) in [6.45, 7) is 6.19. The van der Waals surface area contributed by atoms with Gasteiger partial charge in [-0.15, -0.1) is 0 Å². The van der Waals surface area contributed by atoms with Gasteiger partial charge in [-0.3, -0.25) is 10.4 Å². The lowest BCUT2D eigenvalue weighted by atomic mass is 9.92. The number of benzene rings is 2. The van der Waals surface area contributed by atoms with Crippen molar-refractivity contribution in [3.8, 4) is 5.69 Å². The van der Waals surface area contributed by atoms with Gasteiger partial charge >= 0.3 is 6.03 Å². The molecule has 2 heterocycles. The predicted octanol–water partition coefficient (Wildman–Crippen LogP) is 6.00. The Kier molecular flexibility index (Phi) is 5.17. The Bertz CT molecular complexity index is 1240. The van der Waals surface area contributed by atoms with Crippen LogP contribution in [0.25, 0.3) is 16.6 Å². The molecule has 4 aromatic rings. The second-order valence-electron chi connectivity index (χ2n) is 7.90. The highest BCUT2D eigenvalue weighted by atomic mass is 35.5. The van der Waals surface area contributed by atoms with E-state index >= 15 is 0 Å². The van der Waals surface area contributed by atoms with Gasteiger partial charge in [-0.25, -0.2) is 9.48 Å². The number of halogens is 2. The van der Waals surface area contributed by atoms with Crippen LogP contribution in [0.15, 0.2) is 48.7 Å². The van der Waals surface area contributed by atoms with Crippen molar-refractivity contribution >= 4 is 51.6 Å². The zero-order valence-corrected chi connectivity index (χ0v) is 18.1. The third-order valence-electron chi connectivity index (χ3n) is 4.59. The second kappa shape index (κ2) is 7.66. The average molecular weight is 443 g/mol. The molecule has 2 amide bonds. The lowest BCUT2D eigenvalue weighted by molar-refractivity contribution is 0.262. The quantitative estimate of drug-likeness (QED) is 0.363. The molecule has 2 aromatic heterocycles. The highest BCUT2D eigenvalue weighted by Gasteiger charge is 2.22. The van der Waals surface area contributed by atoms with Gasteiger partial charge in [-0.05, 0) is 30.3 Å². The molecule has 0 aliphatic heterocycles. The van der Waals surface area contributed by atoms with Crippen LogP contribution >= 0.6 is 23.2 Å². The molecule has 154 valence electrons. The highest BCUT2D eigenvalue weighted by molar-refractivity contribution is 6.44. The zero-order chi connectivity index (χ0) is 21.5. The van der Waals surface area contributed by atoms with E-state index in [4.69, 9.17) is 28.3 Å². The van der Waals surface area contributed by atoms with Crippen LogP contribution in [0.2, 0.25) is 10.0 Å². The van der Waals surface area contributed by atoms with Crippen molar-refractivity contribution in [1.82, 2.24) is 20.0 Å². The number of carbonyl (C=O) groups is 1. The van der Waals surface area contributed by atoms with E-state index in [1.807, 2.05) is 24.3 Å². The van der Waals surface area contributed by atoms with Gasteiger partial charge in [-0.2, -0.15) is 10.2 Å². The number of amides is 2. The van der Waals surface area contributed by atoms with E-state index in [1.165, 1.54) is 0 Å². The minimum absolute atomic E-state index is 0.200.